The highest BCUT2D eigenvalue weighted by atomic mass is 19.4. The molecule has 3 N–H and O–H groups in total. The number of para-hydroxylation sites is 1. The smallest absolute Gasteiger partial charge is 0.419 e. The molecule has 0 aliphatic heterocycles. The average Bonchev–Trinajstić information content (AvgIpc) is 3.45. The van der Waals surface area contributed by atoms with Crippen molar-refractivity contribution in [1.29, 1.82) is 0 Å². The van der Waals surface area contributed by atoms with Gasteiger partial charge in [0.15, 0.2) is 5.65 Å². The molecule has 9 nitrogen and oxygen atoms in total. The molecule has 0 aliphatic carbocycles. The number of ether oxygens (including phenoxy) is 1. The van der Waals surface area contributed by atoms with Crippen LogP contribution in [0.2, 0.25) is 0 Å². The third-order valence-electron chi connectivity index (χ3n) is 6.01. The number of aliphatic hydroxyl groups is 1. The number of rotatable bonds is 7. The summed E-state index contributed by atoms with van der Waals surface area (Å²) in [7, 11) is 0. The van der Waals surface area contributed by atoms with Crippen LogP contribution < -0.4 is 15.4 Å². The van der Waals surface area contributed by atoms with Crippen LogP contribution in [0.25, 0.3) is 22.6 Å². The quantitative estimate of drug-likeness (QED) is 0.233. The van der Waals surface area contributed by atoms with E-state index in [-0.39, 0.29) is 35.5 Å². The Labute approximate surface area is 226 Å². The molecule has 0 saturated carbocycles. The number of carbonyl (C=O) groups excluding carboxylic acids is 1. The molecule has 3 aromatic heterocycles. The average molecular weight is 551 g/mol. The van der Waals surface area contributed by atoms with Crippen molar-refractivity contribution in [1.82, 2.24) is 19.2 Å². The van der Waals surface area contributed by atoms with E-state index < -0.39 is 23.9 Å². The SMILES string of the molecule is Cc1c(OC[C@@H](C)O)nn(-c2ccccc2)c1NC(=O)Nc1c(-c2ccccc2)nc2c(C(F)(F)F)cccn12. The third-order valence-corrected chi connectivity index (χ3v) is 6.01. The Morgan fingerprint density at radius 2 is 1.65 bits per heavy atom. The van der Waals surface area contributed by atoms with E-state index in [9.17, 15) is 23.1 Å². The van der Waals surface area contributed by atoms with E-state index in [2.05, 4.69) is 20.7 Å². The highest BCUT2D eigenvalue weighted by Crippen LogP contribution is 2.37. The van der Waals surface area contributed by atoms with E-state index in [0.717, 1.165) is 6.07 Å². The lowest BCUT2D eigenvalue weighted by atomic mass is 10.1. The van der Waals surface area contributed by atoms with Gasteiger partial charge in [-0.1, -0.05) is 48.5 Å². The lowest BCUT2D eigenvalue weighted by Crippen LogP contribution is -2.23. The van der Waals surface area contributed by atoms with E-state index in [1.807, 2.05) is 6.07 Å². The Bertz CT molecular complexity index is 1650. The number of carbonyl (C=O) groups is 1. The number of nitrogens with zero attached hydrogens (tertiary/aromatic N) is 4. The number of aromatic nitrogens is 4. The lowest BCUT2D eigenvalue weighted by molar-refractivity contribution is -0.136. The molecule has 206 valence electrons. The van der Waals surface area contributed by atoms with Crippen LogP contribution in [0.5, 0.6) is 5.88 Å². The fraction of sp³-hybridized carbons (Fsp3) is 0.179. The molecule has 0 unspecified atom stereocenters. The van der Waals surface area contributed by atoms with E-state index in [4.69, 9.17) is 4.74 Å². The maximum Gasteiger partial charge on any atom is 0.419 e. The van der Waals surface area contributed by atoms with Crippen molar-refractivity contribution in [2.75, 3.05) is 17.2 Å². The van der Waals surface area contributed by atoms with Crippen molar-refractivity contribution < 1.29 is 27.8 Å². The highest BCUT2D eigenvalue weighted by Gasteiger charge is 2.35. The van der Waals surface area contributed by atoms with Gasteiger partial charge in [0.2, 0.25) is 5.88 Å². The summed E-state index contributed by atoms with van der Waals surface area (Å²) in [4.78, 5) is 17.7. The number of alkyl halides is 3. The molecular weight excluding hydrogens is 525 g/mol. The maximum atomic E-state index is 13.8. The molecule has 0 spiro atoms. The maximum absolute atomic E-state index is 13.8. The first-order valence-electron chi connectivity index (χ1n) is 12.3. The van der Waals surface area contributed by atoms with E-state index in [1.54, 1.807) is 68.4 Å². The van der Waals surface area contributed by atoms with Gasteiger partial charge in [0.1, 0.15) is 23.9 Å². The standard InChI is InChI=1S/C28H25F3N6O3/c1-17(38)16-40-26-18(2)23(37(35-26)20-12-7-4-8-13-20)33-27(39)34-25-22(19-10-5-3-6-11-19)32-24-21(28(29,30)31)14-9-15-36(24)25/h3-15,17,38H,16H2,1-2H3,(H2,33,34,39)/t17-/m1/s1. The first kappa shape index (κ1) is 26.8. The second-order valence-corrected chi connectivity index (χ2v) is 9.05. The number of anilines is 2. The number of hydrogen-bond acceptors (Lipinski definition) is 5. The van der Waals surface area contributed by atoms with Gasteiger partial charge in [0.25, 0.3) is 0 Å². The predicted molar refractivity (Wildman–Crippen MR) is 144 cm³/mol. The fourth-order valence-corrected chi connectivity index (χ4v) is 4.17. The van der Waals surface area contributed by atoms with Crippen molar-refractivity contribution in [2.45, 2.75) is 26.1 Å². The van der Waals surface area contributed by atoms with Crippen molar-refractivity contribution in [3.8, 4) is 22.8 Å². The molecule has 0 bridgehead atoms. The summed E-state index contributed by atoms with van der Waals surface area (Å²) in [5.74, 6) is 0.531. The van der Waals surface area contributed by atoms with Crippen LogP contribution in [-0.4, -0.2) is 43.0 Å². The van der Waals surface area contributed by atoms with Crippen molar-refractivity contribution in [3.05, 3.63) is 90.1 Å². The molecule has 0 radical (unpaired) electrons. The molecule has 0 aliphatic rings. The summed E-state index contributed by atoms with van der Waals surface area (Å²) in [5, 5.41) is 19.5. The Hall–Kier alpha value is -4.84. The lowest BCUT2D eigenvalue weighted by Gasteiger charge is -2.12. The number of urea groups is 1. The zero-order valence-corrected chi connectivity index (χ0v) is 21.5. The molecule has 0 fully saturated rings. The van der Waals surface area contributed by atoms with Gasteiger partial charge in [-0.2, -0.15) is 13.2 Å². The van der Waals surface area contributed by atoms with Crippen LogP contribution >= 0.6 is 0 Å². The van der Waals surface area contributed by atoms with E-state index >= 15 is 0 Å². The van der Waals surface area contributed by atoms with Crippen LogP contribution in [0.4, 0.5) is 29.6 Å². The Kier molecular flexibility index (Phi) is 7.18. The second-order valence-electron chi connectivity index (χ2n) is 9.05. The number of hydrogen-bond donors (Lipinski definition) is 3. The molecular formula is C28H25F3N6O3. The number of imidazole rings is 1. The predicted octanol–water partition coefficient (Wildman–Crippen LogP) is 5.92. The number of nitrogens with one attached hydrogen (secondary N) is 2. The summed E-state index contributed by atoms with van der Waals surface area (Å²) in [6.45, 7) is 3.25. The molecule has 1 atom stereocenters. The zero-order chi connectivity index (χ0) is 28.4. The number of halogens is 3. The molecule has 2 aromatic carbocycles. The highest BCUT2D eigenvalue weighted by molar-refractivity contribution is 6.02. The van der Waals surface area contributed by atoms with Gasteiger partial charge in [-0.05, 0) is 38.1 Å². The third kappa shape index (κ3) is 5.34. The first-order valence-corrected chi connectivity index (χ1v) is 12.3. The topological polar surface area (TPSA) is 106 Å². The van der Waals surface area contributed by atoms with E-state index in [0.29, 0.717) is 16.8 Å². The molecule has 2 amide bonds. The van der Waals surface area contributed by atoms with Crippen molar-refractivity contribution in [3.63, 3.8) is 0 Å². The van der Waals surface area contributed by atoms with Gasteiger partial charge in [0, 0.05) is 11.8 Å². The van der Waals surface area contributed by atoms with Crippen LogP contribution in [0.15, 0.2) is 79.0 Å². The zero-order valence-electron chi connectivity index (χ0n) is 21.5. The monoisotopic (exact) mass is 550 g/mol. The van der Waals surface area contributed by atoms with E-state index in [1.165, 1.54) is 21.3 Å². The number of pyridine rings is 1. The first-order chi connectivity index (χ1) is 19.1. The second kappa shape index (κ2) is 10.7. The van der Waals surface area contributed by atoms with Crippen molar-refractivity contribution in [2.24, 2.45) is 0 Å². The minimum atomic E-state index is -4.65. The number of fused-ring (bicyclic) bond motifs is 1. The minimum Gasteiger partial charge on any atom is -0.474 e. The van der Waals surface area contributed by atoms with Gasteiger partial charge in [0.05, 0.1) is 22.9 Å². The van der Waals surface area contributed by atoms with Crippen LogP contribution in [0, 0.1) is 6.92 Å². The number of amides is 2. The largest absolute Gasteiger partial charge is 0.474 e. The summed E-state index contributed by atoms with van der Waals surface area (Å²) in [6, 6.07) is 19.1. The summed E-state index contributed by atoms with van der Waals surface area (Å²) < 4.78 is 49.7. The molecule has 5 aromatic rings. The molecule has 5 rings (SSSR count). The molecule has 40 heavy (non-hydrogen) atoms. The van der Waals surface area contributed by atoms with Gasteiger partial charge < -0.3 is 9.84 Å². The summed E-state index contributed by atoms with van der Waals surface area (Å²) in [6.07, 6.45) is -3.99. The van der Waals surface area contributed by atoms with Gasteiger partial charge in [-0.3, -0.25) is 15.0 Å². The Balaban J connectivity index is 1.55. The van der Waals surface area contributed by atoms with Crippen molar-refractivity contribution >= 4 is 23.3 Å². The Morgan fingerprint density at radius 1 is 1.00 bits per heavy atom. The van der Waals surface area contributed by atoms with Gasteiger partial charge >= 0.3 is 12.2 Å². The van der Waals surface area contributed by atoms with Gasteiger partial charge in [-0.15, -0.1) is 5.10 Å². The number of aliphatic hydroxyl groups excluding tert-OH is 1. The molecule has 0 saturated heterocycles. The van der Waals surface area contributed by atoms with Gasteiger partial charge in [-0.25, -0.2) is 14.5 Å². The molecule has 3 heterocycles. The van der Waals surface area contributed by atoms with Crippen LogP contribution in [0.1, 0.15) is 18.1 Å². The Morgan fingerprint density at radius 3 is 2.30 bits per heavy atom. The summed E-state index contributed by atoms with van der Waals surface area (Å²) >= 11 is 0. The molecule has 12 heteroatoms. The summed E-state index contributed by atoms with van der Waals surface area (Å²) in [5.41, 5.74) is 0.528. The number of benzene rings is 2. The van der Waals surface area contributed by atoms with Crippen LogP contribution in [0.3, 0.4) is 0 Å². The normalized spacial score (nSPS) is 12.3. The fourth-order valence-electron chi connectivity index (χ4n) is 4.17. The minimum absolute atomic E-state index is 0.0118. The van der Waals surface area contributed by atoms with Crippen LogP contribution in [-0.2, 0) is 6.18 Å².